The van der Waals surface area contributed by atoms with E-state index in [4.69, 9.17) is 11.6 Å². The lowest BCUT2D eigenvalue weighted by Crippen LogP contribution is -2.01. The molecule has 0 aliphatic heterocycles. The summed E-state index contributed by atoms with van der Waals surface area (Å²) >= 11 is 12.9. The Balaban J connectivity index is 2.60. The van der Waals surface area contributed by atoms with Crippen LogP contribution in [0.4, 0.5) is 0 Å². The van der Waals surface area contributed by atoms with Crippen molar-refractivity contribution >= 4 is 43.5 Å². The molecular weight excluding hydrogens is 381 g/mol. The quantitative estimate of drug-likeness (QED) is 0.703. The minimum Gasteiger partial charge on any atom is -0.251 e. The summed E-state index contributed by atoms with van der Waals surface area (Å²) in [7, 11) is 0. The molecule has 2 aromatic heterocycles. The van der Waals surface area contributed by atoms with Gasteiger partial charge in [-0.2, -0.15) is 0 Å². The molecule has 0 saturated heterocycles. The van der Waals surface area contributed by atoms with E-state index >= 15 is 0 Å². The van der Waals surface area contributed by atoms with Gasteiger partial charge >= 0.3 is 0 Å². The SMILES string of the molecule is CCc1nc(-c2ncc(Br)cc2Br)nc(Cl)c1C. The van der Waals surface area contributed by atoms with Crippen molar-refractivity contribution in [3.05, 3.63) is 37.6 Å². The van der Waals surface area contributed by atoms with Gasteiger partial charge in [-0.15, -0.1) is 0 Å². The van der Waals surface area contributed by atoms with Gasteiger partial charge in [0.2, 0.25) is 0 Å². The Morgan fingerprint density at radius 2 is 2.00 bits per heavy atom. The first-order valence-electron chi connectivity index (χ1n) is 5.37. The van der Waals surface area contributed by atoms with E-state index in [1.807, 2.05) is 19.9 Å². The highest BCUT2D eigenvalue weighted by Crippen LogP contribution is 2.28. The van der Waals surface area contributed by atoms with E-state index in [2.05, 4.69) is 46.8 Å². The Morgan fingerprint density at radius 1 is 1.28 bits per heavy atom. The number of aryl methyl sites for hydroxylation is 1. The number of pyridine rings is 1. The molecule has 0 N–H and O–H groups in total. The molecule has 0 fully saturated rings. The Morgan fingerprint density at radius 3 is 2.61 bits per heavy atom. The number of hydrogen-bond acceptors (Lipinski definition) is 3. The lowest BCUT2D eigenvalue weighted by atomic mass is 10.2. The van der Waals surface area contributed by atoms with Crippen molar-refractivity contribution in [3.8, 4) is 11.5 Å². The first kappa shape index (κ1) is 13.9. The minimum absolute atomic E-state index is 0.480. The molecule has 0 bridgehead atoms. The molecule has 2 aromatic rings. The van der Waals surface area contributed by atoms with Crippen molar-refractivity contribution in [3.63, 3.8) is 0 Å². The lowest BCUT2D eigenvalue weighted by molar-refractivity contribution is 0.969. The van der Waals surface area contributed by atoms with Crippen molar-refractivity contribution in [2.75, 3.05) is 0 Å². The fraction of sp³-hybridized carbons (Fsp3) is 0.250. The molecule has 6 heteroatoms. The molecule has 94 valence electrons. The molecule has 0 aliphatic carbocycles. The van der Waals surface area contributed by atoms with Crippen LogP contribution in [0, 0.1) is 6.92 Å². The van der Waals surface area contributed by atoms with Crippen LogP contribution in [0.2, 0.25) is 5.15 Å². The fourth-order valence-corrected chi connectivity index (χ4v) is 2.92. The molecule has 0 aliphatic rings. The van der Waals surface area contributed by atoms with Gasteiger partial charge in [-0.1, -0.05) is 18.5 Å². The highest BCUT2D eigenvalue weighted by Gasteiger charge is 2.13. The first-order chi connectivity index (χ1) is 8.52. The molecular formula is C12H10Br2ClN3. The van der Waals surface area contributed by atoms with Gasteiger partial charge in [0.25, 0.3) is 0 Å². The summed E-state index contributed by atoms with van der Waals surface area (Å²) in [6.07, 6.45) is 2.53. The summed E-state index contributed by atoms with van der Waals surface area (Å²) in [6.45, 7) is 3.97. The third-order valence-corrected chi connectivity index (χ3v) is 3.95. The number of aromatic nitrogens is 3. The van der Waals surface area contributed by atoms with Gasteiger partial charge < -0.3 is 0 Å². The molecule has 0 spiro atoms. The molecule has 2 rings (SSSR count). The second-order valence-corrected chi connectivity index (χ2v) is 5.88. The molecule has 18 heavy (non-hydrogen) atoms. The van der Waals surface area contributed by atoms with Crippen LogP contribution >= 0.6 is 43.5 Å². The topological polar surface area (TPSA) is 38.7 Å². The fourth-order valence-electron chi connectivity index (χ4n) is 1.56. The summed E-state index contributed by atoms with van der Waals surface area (Å²) in [4.78, 5) is 13.1. The van der Waals surface area contributed by atoms with E-state index in [0.29, 0.717) is 16.7 Å². The number of nitrogens with zero attached hydrogens (tertiary/aromatic N) is 3. The maximum absolute atomic E-state index is 6.13. The zero-order valence-electron chi connectivity index (χ0n) is 9.84. The van der Waals surface area contributed by atoms with Crippen LogP contribution in [0.15, 0.2) is 21.2 Å². The van der Waals surface area contributed by atoms with Gasteiger partial charge in [0.15, 0.2) is 5.82 Å². The Kier molecular flexibility index (Phi) is 4.35. The summed E-state index contributed by atoms with van der Waals surface area (Å²) < 4.78 is 1.73. The Hall–Kier alpha value is -0.520. The van der Waals surface area contributed by atoms with Crippen LogP contribution in [0.25, 0.3) is 11.5 Å². The van der Waals surface area contributed by atoms with E-state index in [9.17, 15) is 0 Å². The first-order valence-corrected chi connectivity index (χ1v) is 7.33. The Bertz CT molecular complexity index is 602. The van der Waals surface area contributed by atoms with Gasteiger partial charge in [0.05, 0.1) is 0 Å². The molecule has 0 unspecified atom stereocenters. The van der Waals surface area contributed by atoms with E-state index in [1.165, 1.54) is 0 Å². The van der Waals surface area contributed by atoms with Crippen molar-refractivity contribution in [1.29, 1.82) is 0 Å². The van der Waals surface area contributed by atoms with Crippen molar-refractivity contribution in [2.24, 2.45) is 0 Å². The maximum Gasteiger partial charge on any atom is 0.181 e. The standard InChI is InChI=1S/C12H10Br2ClN3/c1-3-9-6(2)11(15)18-12(17-9)10-8(14)4-7(13)5-16-10/h4-5H,3H2,1-2H3. The normalized spacial score (nSPS) is 10.7. The number of halogens is 3. The van der Waals surface area contributed by atoms with Crippen LogP contribution in [-0.2, 0) is 6.42 Å². The molecule has 0 aromatic carbocycles. The van der Waals surface area contributed by atoms with E-state index in [-0.39, 0.29) is 0 Å². The molecule has 0 atom stereocenters. The third kappa shape index (κ3) is 2.73. The summed E-state index contributed by atoms with van der Waals surface area (Å²) in [5, 5.41) is 0.480. The lowest BCUT2D eigenvalue weighted by Gasteiger charge is -2.08. The van der Waals surface area contributed by atoms with Gasteiger partial charge in [-0.05, 0) is 51.3 Å². The van der Waals surface area contributed by atoms with E-state index in [1.54, 1.807) is 6.20 Å². The van der Waals surface area contributed by atoms with Gasteiger partial charge in [0.1, 0.15) is 10.8 Å². The number of hydrogen-bond donors (Lipinski definition) is 0. The van der Waals surface area contributed by atoms with E-state index < -0.39 is 0 Å². The minimum atomic E-state index is 0.480. The average molecular weight is 391 g/mol. The van der Waals surface area contributed by atoms with Crippen molar-refractivity contribution in [2.45, 2.75) is 20.3 Å². The van der Waals surface area contributed by atoms with Gasteiger partial charge in [-0.3, -0.25) is 4.98 Å². The summed E-state index contributed by atoms with van der Waals surface area (Å²) in [5.74, 6) is 0.543. The average Bonchev–Trinajstić information content (AvgIpc) is 2.32. The highest BCUT2D eigenvalue weighted by atomic mass is 79.9. The predicted octanol–water partition coefficient (Wildman–Crippen LogP) is 4.59. The van der Waals surface area contributed by atoms with Crippen LogP contribution in [0.3, 0.4) is 0 Å². The number of rotatable bonds is 2. The molecule has 0 saturated carbocycles. The monoisotopic (exact) mass is 389 g/mol. The van der Waals surface area contributed by atoms with Crippen molar-refractivity contribution < 1.29 is 0 Å². The predicted molar refractivity (Wildman–Crippen MR) is 79.8 cm³/mol. The zero-order chi connectivity index (χ0) is 13.3. The maximum atomic E-state index is 6.13. The van der Waals surface area contributed by atoms with Gasteiger partial charge in [0, 0.05) is 26.4 Å². The largest absolute Gasteiger partial charge is 0.251 e. The zero-order valence-corrected chi connectivity index (χ0v) is 13.8. The highest BCUT2D eigenvalue weighted by molar-refractivity contribution is 9.11. The molecule has 3 nitrogen and oxygen atoms in total. The van der Waals surface area contributed by atoms with Crippen LogP contribution in [0.5, 0.6) is 0 Å². The second kappa shape index (κ2) is 5.63. The van der Waals surface area contributed by atoms with Crippen LogP contribution in [0.1, 0.15) is 18.2 Å². The summed E-state index contributed by atoms with van der Waals surface area (Å²) in [5.41, 5.74) is 2.56. The smallest absolute Gasteiger partial charge is 0.181 e. The Labute approximate surface area is 127 Å². The van der Waals surface area contributed by atoms with Crippen LogP contribution < -0.4 is 0 Å². The van der Waals surface area contributed by atoms with Crippen molar-refractivity contribution in [1.82, 2.24) is 15.0 Å². The molecule has 0 radical (unpaired) electrons. The van der Waals surface area contributed by atoms with E-state index in [0.717, 1.165) is 26.6 Å². The molecule has 2 heterocycles. The van der Waals surface area contributed by atoms with Gasteiger partial charge in [-0.25, -0.2) is 9.97 Å². The second-order valence-electron chi connectivity index (χ2n) is 3.75. The summed E-state index contributed by atoms with van der Waals surface area (Å²) in [6, 6.07) is 1.91. The van der Waals surface area contributed by atoms with Crippen LogP contribution in [-0.4, -0.2) is 15.0 Å². The third-order valence-electron chi connectivity index (χ3n) is 2.54. The molecule has 0 amide bonds.